The van der Waals surface area contributed by atoms with Crippen LogP contribution in [0.2, 0.25) is 0 Å². The van der Waals surface area contributed by atoms with Crippen LogP contribution in [0.3, 0.4) is 0 Å². The third-order valence-electron chi connectivity index (χ3n) is 3.89. The number of aliphatic hydroxyl groups excluding tert-OH is 1. The third-order valence-corrected chi connectivity index (χ3v) is 5.97. The third kappa shape index (κ3) is 2.41. The minimum atomic E-state index is -3.00. The number of hydrogen-bond donors (Lipinski definition) is 1. The van der Waals surface area contributed by atoms with Gasteiger partial charge in [0.05, 0.1) is 5.75 Å². The standard InChI is InChI=1S/C11H21NO3S/c1-9-5-12(16(14,15)8-9)6-10-3-2-4-11(10)7-13/h9-11,13H,2-8H2,1H3. The van der Waals surface area contributed by atoms with Crippen molar-refractivity contribution in [2.45, 2.75) is 26.2 Å². The number of sulfonamides is 1. The highest BCUT2D eigenvalue weighted by Gasteiger charge is 2.37. The molecule has 5 heteroatoms. The second-order valence-corrected chi connectivity index (χ2v) is 7.35. The molecule has 3 atom stereocenters. The molecule has 0 spiro atoms. The van der Waals surface area contributed by atoms with Crippen molar-refractivity contribution in [1.82, 2.24) is 4.31 Å². The van der Waals surface area contributed by atoms with Crippen molar-refractivity contribution in [1.29, 1.82) is 0 Å². The van der Waals surface area contributed by atoms with Gasteiger partial charge in [-0.3, -0.25) is 0 Å². The average molecular weight is 247 g/mol. The molecule has 94 valence electrons. The Morgan fingerprint density at radius 3 is 2.56 bits per heavy atom. The molecule has 1 N–H and O–H groups in total. The lowest BCUT2D eigenvalue weighted by molar-refractivity contribution is 0.179. The summed E-state index contributed by atoms with van der Waals surface area (Å²) in [6.07, 6.45) is 3.23. The summed E-state index contributed by atoms with van der Waals surface area (Å²) in [5.41, 5.74) is 0. The Balaban J connectivity index is 1.99. The zero-order valence-corrected chi connectivity index (χ0v) is 10.6. The highest BCUT2D eigenvalue weighted by atomic mass is 32.2. The predicted molar refractivity (Wildman–Crippen MR) is 62.4 cm³/mol. The van der Waals surface area contributed by atoms with Crippen LogP contribution in [0.15, 0.2) is 0 Å². The van der Waals surface area contributed by atoms with E-state index in [4.69, 9.17) is 0 Å². The highest BCUT2D eigenvalue weighted by Crippen LogP contribution is 2.33. The van der Waals surface area contributed by atoms with Crippen LogP contribution < -0.4 is 0 Å². The Kier molecular flexibility index (Phi) is 3.56. The van der Waals surface area contributed by atoms with Gasteiger partial charge in [0, 0.05) is 19.7 Å². The molecule has 1 saturated carbocycles. The minimum Gasteiger partial charge on any atom is -0.396 e. The van der Waals surface area contributed by atoms with E-state index in [9.17, 15) is 13.5 Å². The van der Waals surface area contributed by atoms with E-state index >= 15 is 0 Å². The molecule has 0 aromatic carbocycles. The number of rotatable bonds is 3. The van der Waals surface area contributed by atoms with Gasteiger partial charge in [-0.05, 0) is 30.6 Å². The molecule has 2 fully saturated rings. The maximum Gasteiger partial charge on any atom is 0.214 e. The first-order chi connectivity index (χ1) is 7.53. The number of nitrogens with zero attached hydrogens (tertiary/aromatic N) is 1. The fourth-order valence-corrected chi connectivity index (χ4v) is 4.96. The molecule has 1 aliphatic heterocycles. The Bertz CT molecular complexity index is 341. The summed E-state index contributed by atoms with van der Waals surface area (Å²) < 4.78 is 25.3. The molecule has 0 amide bonds. The Hall–Kier alpha value is -0.130. The lowest BCUT2D eigenvalue weighted by Gasteiger charge is -2.23. The molecule has 1 aliphatic carbocycles. The van der Waals surface area contributed by atoms with Crippen molar-refractivity contribution < 1.29 is 13.5 Å². The molecule has 3 unspecified atom stereocenters. The van der Waals surface area contributed by atoms with E-state index in [0.717, 1.165) is 19.3 Å². The van der Waals surface area contributed by atoms with Gasteiger partial charge in [0.2, 0.25) is 10.0 Å². The summed E-state index contributed by atoms with van der Waals surface area (Å²) in [7, 11) is -3.00. The van der Waals surface area contributed by atoms with E-state index in [1.165, 1.54) is 0 Å². The van der Waals surface area contributed by atoms with E-state index in [0.29, 0.717) is 30.7 Å². The van der Waals surface area contributed by atoms with E-state index in [-0.39, 0.29) is 12.5 Å². The van der Waals surface area contributed by atoms with Crippen LogP contribution in [0, 0.1) is 17.8 Å². The highest BCUT2D eigenvalue weighted by molar-refractivity contribution is 7.89. The molecule has 1 heterocycles. The van der Waals surface area contributed by atoms with Crippen LogP contribution in [0.1, 0.15) is 26.2 Å². The first-order valence-corrected chi connectivity index (χ1v) is 7.72. The van der Waals surface area contributed by atoms with Gasteiger partial charge in [-0.25, -0.2) is 12.7 Å². The fraction of sp³-hybridized carbons (Fsp3) is 1.00. The SMILES string of the molecule is CC1CN(CC2CCCC2CO)S(=O)(=O)C1. The Labute approximate surface area is 97.7 Å². The van der Waals surface area contributed by atoms with E-state index < -0.39 is 10.0 Å². The first kappa shape index (κ1) is 12.3. The quantitative estimate of drug-likeness (QED) is 0.798. The van der Waals surface area contributed by atoms with E-state index in [1.807, 2.05) is 6.92 Å². The predicted octanol–water partition coefficient (Wildman–Crippen LogP) is 0.676. The lowest BCUT2D eigenvalue weighted by atomic mass is 9.97. The van der Waals surface area contributed by atoms with Crippen LogP contribution >= 0.6 is 0 Å². The molecule has 4 nitrogen and oxygen atoms in total. The van der Waals surface area contributed by atoms with Gasteiger partial charge in [-0.1, -0.05) is 13.3 Å². The van der Waals surface area contributed by atoms with Crippen LogP contribution in [0.5, 0.6) is 0 Å². The lowest BCUT2D eigenvalue weighted by Crippen LogP contribution is -2.33. The van der Waals surface area contributed by atoms with Gasteiger partial charge < -0.3 is 5.11 Å². The van der Waals surface area contributed by atoms with Gasteiger partial charge in [0.15, 0.2) is 0 Å². The molecular weight excluding hydrogens is 226 g/mol. The number of hydrogen-bond acceptors (Lipinski definition) is 3. The summed E-state index contributed by atoms with van der Waals surface area (Å²) in [4.78, 5) is 0. The minimum absolute atomic E-state index is 0.202. The molecule has 2 rings (SSSR count). The second kappa shape index (κ2) is 4.63. The number of aliphatic hydroxyl groups is 1. The maximum absolute atomic E-state index is 11.8. The van der Waals surface area contributed by atoms with E-state index in [1.54, 1.807) is 4.31 Å². The van der Waals surface area contributed by atoms with Crippen molar-refractivity contribution in [3.63, 3.8) is 0 Å². The summed E-state index contributed by atoms with van der Waals surface area (Å²) in [6.45, 7) is 3.47. The molecule has 0 aromatic heterocycles. The molecule has 0 aromatic rings. The van der Waals surface area contributed by atoms with Gasteiger partial charge in [0.1, 0.15) is 0 Å². The van der Waals surface area contributed by atoms with Crippen molar-refractivity contribution in [3.05, 3.63) is 0 Å². The summed E-state index contributed by atoms with van der Waals surface area (Å²) in [5, 5.41) is 9.22. The molecule has 1 saturated heterocycles. The molecule has 0 bridgehead atoms. The monoisotopic (exact) mass is 247 g/mol. The molecule has 0 radical (unpaired) electrons. The van der Waals surface area contributed by atoms with Crippen molar-refractivity contribution in [2.24, 2.45) is 17.8 Å². The fourth-order valence-electron chi connectivity index (χ4n) is 3.02. The van der Waals surface area contributed by atoms with E-state index in [2.05, 4.69) is 0 Å². The first-order valence-electron chi connectivity index (χ1n) is 6.11. The van der Waals surface area contributed by atoms with Crippen LogP contribution in [-0.2, 0) is 10.0 Å². The zero-order valence-electron chi connectivity index (χ0n) is 9.80. The van der Waals surface area contributed by atoms with Crippen molar-refractivity contribution in [2.75, 3.05) is 25.4 Å². The summed E-state index contributed by atoms with van der Waals surface area (Å²) in [6, 6.07) is 0. The van der Waals surface area contributed by atoms with Crippen molar-refractivity contribution >= 4 is 10.0 Å². The normalized spacial score (nSPS) is 39.2. The average Bonchev–Trinajstić information content (AvgIpc) is 2.72. The Morgan fingerprint density at radius 2 is 2.00 bits per heavy atom. The van der Waals surface area contributed by atoms with Crippen LogP contribution in [0.25, 0.3) is 0 Å². The van der Waals surface area contributed by atoms with Crippen LogP contribution in [-0.4, -0.2) is 43.3 Å². The van der Waals surface area contributed by atoms with Gasteiger partial charge in [0.25, 0.3) is 0 Å². The van der Waals surface area contributed by atoms with Crippen molar-refractivity contribution in [3.8, 4) is 0 Å². The van der Waals surface area contributed by atoms with Gasteiger partial charge in [-0.2, -0.15) is 0 Å². The second-order valence-electron chi connectivity index (χ2n) is 5.33. The zero-order chi connectivity index (χ0) is 11.8. The smallest absolute Gasteiger partial charge is 0.214 e. The Morgan fingerprint density at radius 1 is 1.31 bits per heavy atom. The molecule has 2 aliphatic rings. The largest absolute Gasteiger partial charge is 0.396 e. The van der Waals surface area contributed by atoms with Crippen LogP contribution in [0.4, 0.5) is 0 Å². The molecular formula is C11H21NO3S. The summed E-state index contributed by atoms with van der Waals surface area (Å²) >= 11 is 0. The van der Waals surface area contributed by atoms with Gasteiger partial charge in [-0.15, -0.1) is 0 Å². The topological polar surface area (TPSA) is 57.6 Å². The molecule has 16 heavy (non-hydrogen) atoms. The summed E-state index contributed by atoms with van der Waals surface area (Å²) in [5.74, 6) is 1.22. The maximum atomic E-state index is 11.8. The van der Waals surface area contributed by atoms with Gasteiger partial charge >= 0.3 is 0 Å².